The molecule has 0 bridgehead atoms. The third-order valence-corrected chi connectivity index (χ3v) is 5.30. The number of rotatable bonds is 2. The van der Waals surface area contributed by atoms with E-state index in [1.54, 1.807) is 6.07 Å². The van der Waals surface area contributed by atoms with Gasteiger partial charge in [0.15, 0.2) is 5.82 Å². The Hall–Kier alpha value is -2.42. The summed E-state index contributed by atoms with van der Waals surface area (Å²) in [5.41, 5.74) is 0.691. The lowest BCUT2D eigenvalue weighted by molar-refractivity contribution is -0.137. The molecule has 28 heavy (non-hydrogen) atoms. The van der Waals surface area contributed by atoms with Gasteiger partial charge in [-0.15, -0.1) is 10.2 Å². The number of hydrogen-bond donors (Lipinski definition) is 1. The van der Waals surface area contributed by atoms with Gasteiger partial charge in [0.05, 0.1) is 23.9 Å². The van der Waals surface area contributed by atoms with E-state index in [2.05, 4.69) is 10.2 Å². The van der Waals surface area contributed by atoms with Crippen LogP contribution in [0.4, 0.5) is 23.4 Å². The molecule has 1 N–H and O–H groups in total. The third kappa shape index (κ3) is 3.28. The van der Waals surface area contributed by atoms with Gasteiger partial charge in [-0.05, 0) is 43.5 Å². The van der Waals surface area contributed by atoms with Crippen LogP contribution in [-0.4, -0.2) is 47.3 Å². The van der Waals surface area contributed by atoms with Gasteiger partial charge < -0.3 is 14.7 Å². The Kier molecular flexibility index (Phi) is 4.65. The zero-order valence-electron chi connectivity index (χ0n) is 15.1. The van der Waals surface area contributed by atoms with Crippen molar-refractivity contribution in [2.45, 2.75) is 38.2 Å². The first-order valence-electron chi connectivity index (χ1n) is 9.02. The summed E-state index contributed by atoms with van der Waals surface area (Å²) < 4.78 is 58.2. The van der Waals surface area contributed by atoms with E-state index in [1.165, 1.54) is 6.92 Å². The van der Waals surface area contributed by atoms with Gasteiger partial charge in [0, 0.05) is 24.3 Å². The molecule has 9 heteroatoms. The lowest BCUT2D eigenvalue weighted by atomic mass is 9.99. The number of aryl methyl sites for hydroxylation is 1. The number of hydrogen-bond acceptors (Lipinski definition) is 5. The van der Waals surface area contributed by atoms with E-state index in [4.69, 9.17) is 4.74 Å². The standard InChI is InChI=1S/C19H19F4N3O2/c1-10-6-12(19(21,22)23)8-16(27)17(10)14-7-11-2-4-26(18(11)25-24-14)15-3-5-28-9-13(15)20/h6-8,13,15,27H,2-5,9H2,1H3/t13-,15+/m0/s1. The summed E-state index contributed by atoms with van der Waals surface area (Å²) in [4.78, 5) is 1.89. The van der Waals surface area contributed by atoms with E-state index in [1.807, 2.05) is 4.90 Å². The van der Waals surface area contributed by atoms with Gasteiger partial charge in [0.2, 0.25) is 0 Å². The van der Waals surface area contributed by atoms with Crippen LogP contribution in [0.1, 0.15) is 23.1 Å². The number of halogens is 4. The quantitative estimate of drug-likeness (QED) is 0.784. The summed E-state index contributed by atoms with van der Waals surface area (Å²) in [6.45, 7) is 2.62. The normalized spacial score (nSPS) is 22.4. The Morgan fingerprint density at radius 3 is 2.68 bits per heavy atom. The molecule has 1 aromatic heterocycles. The smallest absolute Gasteiger partial charge is 0.416 e. The fraction of sp³-hybridized carbons (Fsp3) is 0.474. The number of phenolic OH excluding ortho intramolecular Hbond substituents is 1. The van der Waals surface area contributed by atoms with Gasteiger partial charge in [-0.2, -0.15) is 13.2 Å². The maximum absolute atomic E-state index is 14.2. The molecule has 0 unspecified atom stereocenters. The fourth-order valence-electron chi connectivity index (χ4n) is 3.95. The molecule has 150 valence electrons. The lowest BCUT2D eigenvalue weighted by Gasteiger charge is -2.34. The second-order valence-electron chi connectivity index (χ2n) is 7.15. The van der Waals surface area contributed by atoms with Crippen molar-refractivity contribution in [3.8, 4) is 17.0 Å². The third-order valence-electron chi connectivity index (χ3n) is 5.30. The molecule has 5 nitrogen and oxygen atoms in total. The van der Waals surface area contributed by atoms with E-state index in [0.29, 0.717) is 43.6 Å². The second kappa shape index (κ2) is 6.88. The van der Waals surface area contributed by atoms with Crippen LogP contribution in [-0.2, 0) is 17.3 Å². The number of benzene rings is 1. The predicted octanol–water partition coefficient (Wildman–Crippen LogP) is 3.67. The van der Waals surface area contributed by atoms with Crippen LogP contribution >= 0.6 is 0 Å². The summed E-state index contributed by atoms with van der Waals surface area (Å²) in [6.07, 6.45) is -4.47. The molecule has 0 amide bonds. The van der Waals surface area contributed by atoms with Crippen molar-refractivity contribution in [1.82, 2.24) is 10.2 Å². The highest BCUT2D eigenvalue weighted by Gasteiger charge is 2.36. The van der Waals surface area contributed by atoms with Crippen LogP contribution in [0.2, 0.25) is 0 Å². The summed E-state index contributed by atoms with van der Waals surface area (Å²) in [6, 6.07) is 3.06. The van der Waals surface area contributed by atoms with Crippen molar-refractivity contribution in [3.05, 3.63) is 34.9 Å². The zero-order chi connectivity index (χ0) is 20.1. The molecule has 4 rings (SSSR count). The number of fused-ring (bicyclic) bond motifs is 1. The Balaban J connectivity index is 1.68. The van der Waals surface area contributed by atoms with E-state index < -0.39 is 23.7 Å². The number of alkyl halides is 4. The molecule has 1 fully saturated rings. The minimum Gasteiger partial charge on any atom is -0.507 e. The second-order valence-corrected chi connectivity index (χ2v) is 7.15. The summed E-state index contributed by atoms with van der Waals surface area (Å²) in [5.74, 6) is 0.0898. The van der Waals surface area contributed by atoms with E-state index in [9.17, 15) is 22.7 Å². The molecule has 0 saturated carbocycles. The topological polar surface area (TPSA) is 58.5 Å². The Morgan fingerprint density at radius 1 is 1.21 bits per heavy atom. The van der Waals surface area contributed by atoms with E-state index in [-0.39, 0.29) is 23.8 Å². The molecule has 0 aliphatic carbocycles. The van der Waals surface area contributed by atoms with Crippen molar-refractivity contribution in [1.29, 1.82) is 0 Å². The Bertz CT molecular complexity index is 880. The minimum atomic E-state index is -4.54. The molecular weight excluding hydrogens is 378 g/mol. The van der Waals surface area contributed by atoms with Gasteiger partial charge >= 0.3 is 6.18 Å². The summed E-state index contributed by atoms with van der Waals surface area (Å²) in [7, 11) is 0. The number of phenols is 1. The van der Waals surface area contributed by atoms with Crippen LogP contribution in [0.15, 0.2) is 18.2 Å². The van der Waals surface area contributed by atoms with Crippen LogP contribution < -0.4 is 4.90 Å². The fourth-order valence-corrected chi connectivity index (χ4v) is 3.95. The van der Waals surface area contributed by atoms with Crippen LogP contribution in [0.5, 0.6) is 5.75 Å². The first kappa shape index (κ1) is 18.9. The largest absolute Gasteiger partial charge is 0.507 e. The van der Waals surface area contributed by atoms with Gasteiger partial charge in [0.25, 0.3) is 0 Å². The maximum Gasteiger partial charge on any atom is 0.416 e. The van der Waals surface area contributed by atoms with Crippen molar-refractivity contribution in [2.75, 3.05) is 24.7 Å². The van der Waals surface area contributed by atoms with Crippen LogP contribution in [0.3, 0.4) is 0 Å². The molecule has 2 atom stereocenters. The SMILES string of the molecule is Cc1cc(C(F)(F)F)cc(O)c1-c1cc2c(nn1)N([C@@H]1CCOC[C@@H]1F)CC2. The lowest BCUT2D eigenvalue weighted by Crippen LogP contribution is -2.47. The highest BCUT2D eigenvalue weighted by atomic mass is 19.4. The summed E-state index contributed by atoms with van der Waals surface area (Å²) >= 11 is 0. The van der Waals surface area contributed by atoms with E-state index >= 15 is 0 Å². The number of ether oxygens (including phenoxy) is 1. The first-order chi connectivity index (χ1) is 13.3. The maximum atomic E-state index is 14.2. The molecule has 2 aromatic rings. The Morgan fingerprint density at radius 2 is 2.00 bits per heavy atom. The number of aromatic hydroxyl groups is 1. The molecule has 1 aromatic carbocycles. The molecule has 0 spiro atoms. The van der Waals surface area contributed by atoms with Crippen LogP contribution in [0.25, 0.3) is 11.3 Å². The first-order valence-corrected chi connectivity index (χ1v) is 9.02. The molecule has 2 aliphatic heterocycles. The average molecular weight is 397 g/mol. The molecule has 2 aliphatic rings. The van der Waals surface area contributed by atoms with Crippen LogP contribution in [0, 0.1) is 6.92 Å². The van der Waals surface area contributed by atoms with E-state index in [0.717, 1.165) is 11.6 Å². The predicted molar refractivity (Wildman–Crippen MR) is 94.0 cm³/mol. The average Bonchev–Trinajstić information content (AvgIpc) is 3.04. The van der Waals surface area contributed by atoms with Gasteiger partial charge in [0.1, 0.15) is 11.9 Å². The minimum absolute atomic E-state index is 0.0562. The van der Waals surface area contributed by atoms with Crippen molar-refractivity contribution < 1.29 is 27.4 Å². The highest BCUT2D eigenvalue weighted by molar-refractivity contribution is 5.73. The highest BCUT2D eigenvalue weighted by Crippen LogP contribution is 2.40. The van der Waals surface area contributed by atoms with Crippen molar-refractivity contribution in [3.63, 3.8) is 0 Å². The van der Waals surface area contributed by atoms with Gasteiger partial charge in [-0.1, -0.05) is 0 Å². The molecule has 1 saturated heterocycles. The van der Waals surface area contributed by atoms with Crippen molar-refractivity contribution in [2.24, 2.45) is 0 Å². The molecular formula is C19H19F4N3O2. The Labute approximate surface area is 158 Å². The summed E-state index contributed by atoms with van der Waals surface area (Å²) in [5, 5.41) is 18.5. The van der Waals surface area contributed by atoms with Gasteiger partial charge in [-0.3, -0.25) is 0 Å². The number of nitrogens with zero attached hydrogens (tertiary/aromatic N) is 3. The van der Waals surface area contributed by atoms with Crippen molar-refractivity contribution >= 4 is 5.82 Å². The zero-order valence-corrected chi connectivity index (χ0v) is 15.1. The molecule has 3 heterocycles. The number of anilines is 1. The molecule has 0 radical (unpaired) electrons. The monoisotopic (exact) mass is 397 g/mol. The van der Waals surface area contributed by atoms with Gasteiger partial charge in [-0.25, -0.2) is 4.39 Å². The number of aromatic nitrogens is 2.